The molecule has 1 heterocycles. The number of carbonyl (C=O) groups is 1. The maximum atomic E-state index is 12.1. The summed E-state index contributed by atoms with van der Waals surface area (Å²) in [6.07, 6.45) is 1.38. The number of fused-ring (bicyclic) bond motifs is 1. The number of anilines is 1. The second-order valence-corrected chi connectivity index (χ2v) is 7.91. The molecule has 0 aliphatic heterocycles. The van der Waals surface area contributed by atoms with Gasteiger partial charge in [-0.05, 0) is 42.9 Å². The number of thiazole rings is 1. The average molecular weight is 387 g/mol. The summed E-state index contributed by atoms with van der Waals surface area (Å²) in [6, 6.07) is 16.2. The van der Waals surface area contributed by atoms with E-state index in [2.05, 4.69) is 34.6 Å². The Bertz CT molecular complexity index is 849. The summed E-state index contributed by atoms with van der Waals surface area (Å²) in [5.41, 5.74) is 2.20. The number of nitrogens with one attached hydrogen (secondary N) is 1. The number of benzene rings is 2. The van der Waals surface area contributed by atoms with E-state index in [1.165, 1.54) is 16.9 Å². The van der Waals surface area contributed by atoms with Crippen molar-refractivity contribution in [1.82, 2.24) is 4.98 Å². The smallest absolute Gasteiger partial charge is 0.226 e. The molecule has 0 atom stereocenters. The lowest BCUT2D eigenvalue weighted by Gasteiger charge is -2.03. The van der Waals surface area contributed by atoms with Crippen LogP contribution in [0.3, 0.4) is 0 Å². The molecule has 0 aliphatic rings. The summed E-state index contributed by atoms with van der Waals surface area (Å²) < 4.78 is 6.52. The summed E-state index contributed by atoms with van der Waals surface area (Å²) >= 11 is 3.34. The molecular weight excluding hydrogens is 364 g/mol. The van der Waals surface area contributed by atoms with Crippen molar-refractivity contribution in [2.24, 2.45) is 0 Å². The highest BCUT2D eigenvalue weighted by Crippen LogP contribution is 2.29. The lowest BCUT2D eigenvalue weighted by atomic mass is 10.2. The topological polar surface area (TPSA) is 51.2 Å². The molecule has 0 spiro atoms. The Morgan fingerprint density at radius 2 is 2.08 bits per heavy atom. The van der Waals surface area contributed by atoms with Gasteiger partial charge in [0.15, 0.2) is 5.13 Å². The van der Waals surface area contributed by atoms with Crippen LogP contribution in [0, 0.1) is 0 Å². The molecule has 0 saturated carbocycles. The Morgan fingerprint density at radius 3 is 2.88 bits per heavy atom. The van der Waals surface area contributed by atoms with E-state index in [0.29, 0.717) is 18.2 Å². The Kier molecular flexibility index (Phi) is 6.91. The van der Waals surface area contributed by atoms with Crippen LogP contribution in [0.25, 0.3) is 10.2 Å². The molecule has 136 valence electrons. The molecule has 3 aromatic rings. The largest absolute Gasteiger partial charge is 0.494 e. The second kappa shape index (κ2) is 9.59. The van der Waals surface area contributed by atoms with E-state index < -0.39 is 0 Å². The summed E-state index contributed by atoms with van der Waals surface area (Å²) in [7, 11) is 0. The van der Waals surface area contributed by atoms with E-state index in [0.717, 1.165) is 33.9 Å². The number of aromatic nitrogens is 1. The number of nitrogens with zero attached hydrogens (tertiary/aromatic N) is 1. The van der Waals surface area contributed by atoms with E-state index in [4.69, 9.17) is 4.74 Å². The molecule has 0 bridgehead atoms. The first-order chi connectivity index (χ1) is 12.7. The highest BCUT2D eigenvalue weighted by atomic mass is 32.2. The lowest BCUT2D eigenvalue weighted by molar-refractivity contribution is -0.116. The van der Waals surface area contributed by atoms with Crippen molar-refractivity contribution in [2.45, 2.75) is 25.5 Å². The fourth-order valence-electron chi connectivity index (χ4n) is 2.50. The third-order valence-electron chi connectivity index (χ3n) is 3.72. The number of thioether (sulfide) groups is 1. The van der Waals surface area contributed by atoms with Gasteiger partial charge in [0, 0.05) is 12.2 Å². The molecule has 1 N–H and O–H groups in total. The summed E-state index contributed by atoms with van der Waals surface area (Å²) in [4.78, 5) is 16.6. The van der Waals surface area contributed by atoms with E-state index >= 15 is 0 Å². The zero-order valence-corrected chi connectivity index (χ0v) is 16.4. The van der Waals surface area contributed by atoms with Gasteiger partial charge < -0.3 is 10.1 Å². The van der Waals surface area contributed by atoms with Crippen molar-refractivity contribution in [2.75, 3.05) is 17.7 Å². The van der Waals surface area contributed by atoms with Crippen LogP contribution in [0.15, 0.2) is 48.5 Å². The highest BCUT2D eigenvalue weighted by molar-refractivity contribution is 7.98. The predicted octanol–water partition coefficient (Wildman–Crippen LogP) is 5.35. The molecular formula is C20H22N2O2S2. The number of hydrogen-bond acceptors (Lipinski definition) is 5. The van der Waals surface area contributed by atoms with Gasteiger partial charge in [0.05, 0.1) is 16.8 Å². The maximum absolute atomic E-state index is 12.1. The molecule has 0 aliphatic carbocycles. The van der Waals surface area contributed by atoms with Crippen LogP contribution in [0.5, 0.6) is 5.75 Å². The Morgan fingerprint density at radius 1 is 1.23 bits per heavy atom. The van der Waals surface area contributed by atoms with Crippen LogP contribution in [-0.2, 0) is 10.5 Å². The zero-order valence-electron chi connectivity index (χ0n) is 14.7. The molecule has 1 aromatic heterocycles. The Labute approximate surface area is 162 Å². The average Bonchev–Trinajstić information content (AvgIpc) is 3.04. The first-order valence-corrected chi connectivity index (χ1v) is 10.7. The standard InChI is InChI=1S/C20H22N2O2S2/c1-2-24-16-10-11-17-18(13-16)26-20(21-17)22-19(23)9-6-12-25-14-15-7-4-3-5-8-15/h3-5,7-8,10-11,13H,2,6,9,12,14H2,1H3,(H,21,22,23). The zero-order chi connectivity index (χ0) is 18.2. The molecule has 3 rings (SSSR count). The van der Waals surface area contributed by atoms with Crippen molar-refractivity contribution in [3.8, 4) is 5.75 Å². The minimum atomic E-state index is 0.0226. The molecule has 2 aromatic carbocycles. The summed E-state index contributed by atoms with van der Waals surface area (Å²) in [6.45, 7) is 2.59. The number of hydrogen-bond donors (Lipinski definition) is 1. The quantitative estimate of drug-likeness (QED) is 0.504. The Hall–Kier alpha value is -2.05. The molecule has 0 saturated heterocycles. The molecule has 6 heteroatoms. The van der Waals surface area contributed by atoms with Crippen molar-refractivity contribution in [3.05, 3.63) is 54.1 Å². The molecule has 0 radical (unpaired) electrons. The third-order valence-corrected chi connectivity index (χ3v) is 5.77. The number of ether oxygens (including phenoxy) is 1. The minimum Gasteiger partial charge on any atom is -0.494 e. The number of amides is 1. The monoisotopic (exact) mass is 386 g/mol. The van der Waals surface area contributed by atoms with Gasteiger partial charge in [-0.15, -0.1) is 0 Å². The molecule has 0 unspecified atom stereocenters. The van der Waals surface area contributed by atoms with Crippen molar-refractivity contribution < 1.29 is 9.53 Å². The lowest BCUT2D eigenvalue weighted by Crippen LogP contribution is -2.11. The van der Waals surface area contributed by atoms with E-state index in [1.807, 2.05) is 43.0 Å². The number of carbonyl (C=O) groups excluding carboxylic acids is 1. The van der Waals surface area contributed by atoms with Crippen LogP contribution in [0.1, 0.15) is 25.3 Å². The van der Waals surface area contributed by atoms with Gasteiger partial charge in [-0.2, -0.15) is 11.8 Å². The second-order valence-electron chi connectivity index (χ2n) is 5.77. The van der Waals surface area contributed by atoms with Crippen molar-refractivity contribution >= 4 is 44.4 Å². The molecule has 4 nitrogen and oxygen atoms in total. The van der Waals surface area contributed by atoms with Gasteiger partial charge in [0.25, 0.3) is 0 Å². The summed E-state index contributed by atoms with van der Waals surface area (Å²) in [5, 5.41) is 3.56. The summed E-state index contributed by atoms with van der Waals surface area (Å²) in [5.74, 6) is 2.81. The van der Waals surface area contributed by atoms with Crippen LogP contribution >= 0.6 is 23.1 Å². The minimum absolute atomic E-state index is 0.0226. The Balaban J connectivity index is 1.42. The highest BCUT2D eigenvalue weighted by Gasteiger charge is 2.08. The first kappa shape index (κ1) is 18.7. The van der Waals surface area contributed by atoms with E-state index in [9.17, 15) is 4.79 Å². The van der Waals surface area contributed by atoms with Crippen LogP contribution < -0.4 is 10.1 Å². The first-order valence-electron chi connectivity index (χ1n) is 8.69. The van der Waals surface area contributed by atoms with Gasteiger partial charge >= 0.3 is 0 Å². The van der Waals surface area contributed by atoms with Gasteiger partial charge in [0.2, 0.25) is 5.91 Å². The molecule has 0 fully saturated rings. The fourth-order valence-corrected chi connectivity index (χ4v) is 4.33. The van der Waals surface area contributed by atoms with E-state index in [1.54, 1.807) is 0 Å². The van der Waals surface area contributed by atoms with Crippen LogP contribution in [0.2, 0.25) is 0 Å². The fraction of sp³-hybridized carbons (Fsp3) is 0.300. The predicted molar refractivity (Wildman–Crippen MR) is 111 cm³/mol. The van der Waals surface area contributed by atoms with Crippen molar-refractivity contribution in [1.29, 1.82) is 0 Å². The number of rotatable bonds is 9. The van der Waals surface area contributed by atoms with Crippen LogP contribution in [-0.4, -0.2) is 23.3 Å². The molecule has 26 heavy (non-hydrogen) atoms. The van der Waals surface area contributed by atoms with Crippen LogP contribution in [0.4, 0.5) is 5.13 Å². The van der Waals surface area contributed by atoms with E-state index in [-0.39, 0.29) is 5.91 Å². The molecule has 1 amide bonds. The third kappa shape index (κ3) is 5.47. The van der Waals surface area contributed by atoms with Gasteiger partial charge in [-0.1, -0.05) is 41.7 Å². The van der Waals surface area contributed by atoms with Gasteiger partial charge in [-0.25, -0.2) is 4.98 Å². The SMILES string of the molecule is CCOc1ccc2nc(NC(=O)CCCSCc3ccccc3)sc2c1. The normalized spacial score (nSPS) is 10.8. The van der Waals surface area contributed by atoms with Gasteiger partial charge in [0.1, 0.15) is 5.75 Å². The van der Waals surface area contributed by atoms with Crippen molar-refractivity contribution in [3.63, 3.8) is 0 Å². The maximum Gasteiger partial charge on any atom is 0.226 e. The van der Waals surface area contributed by atoms with Gasteiger partial charge in [-0.3, -0.25) is 4.79 Å².